The molecule has 2 saturated heterocycles. The Morgan fingerprint density at radius 3 is 2.18 bits per heavy atom. The van der Waals surface area contributed by atoms with Gasteiger partial charge in [-0.2, -0.15) is 0 Å². The molecule has 0 radical (unpaired) electrons. The van der Waals surface area contributed by atoms with Gasteiger partial charge in [-0.3, -0.25) is 4.90 Å². The lowest BCUT2D eigenvalue weighted by atomic mass is 9.94. The summed E-state index contributed by atoms with van der Waals surface area (Å²) in [6.45, 7) is 15.2. The van der Waals surface area contributed by atoms with E-state index in [0.29, 0.717) is 12.1 Å². The highest BCUT2D eigenvalue weighted by Gasteiger charge is 2.15. The summed E-state index contributed by atoms with van der Waals surface area (Å²) in [5.41, 5.74) is 0. The van der Waals surface area contributed by atoms with Crippen molar-refractivity contribution in [3.05, 3.63) is 0 Å². The van der Waals surface area contributed by atoms with Gasteiger partial charge < -0.3 is 21.3 Å². The van der Waals surface area contributed by atoms with Crippen LogP contribution in [0.25, 0.3) is 0 Å². The van der Waals surface area contributed by atoms with Crippen LogP contribution < -0.4 is 21.3 Å². The molecule has 0 aliphatic carbocycles. The summed E-state index contributed by atoms with van der Waals surface area (Å²) in [6, 6.07) is 1.08. The molecule has 0 aromatic heterocycles. The summed E-state index contributed by atoms with van der Waals surface area (Å²) in [5, 5.41) is 14.2. The smallest absolute Gasteiger partial charge is 0.0190 e. The van der Waals surface area contributed by atoms with Gasteiger partial charge in [0.05, 0.1) is 0 Å². The molecule has 2 atom stereocenters. The first-order chi connectivity index (χ1) is 10.8. The lowest BCUT2D eigenvalue weighted by Gasteiger charge is -2.29. The van der Waals surface area contributed by atoms with E-state index in [0.717, 1.165) is 32.1 Å². The van der Waals surface area contributed by atoms with Crippen molar-refractivity contribution in [3.8, 4) is 0 Å². The number of rotatable bonds is 9. The quantitative estimate of drug-likeness (QED) is 0.491. The van der Waals surface area contributed by atoms with Crippen molar-refractivity contribution in [2.45, 2.75) is 45.2 Å². The van der Waals surface area contributed by atoms with Crippen LogP contribution in [0.1, 0.15) is 33.1 Å². The molecule has 2 heterocycles. The van der Waals surface area contributed by atoms with E-state index in [9.17, 15) is 0 Å². The molecule has 22 heavy (non-hydrogen) atoms. The Morgan fingerprint density at radius 1 is 0.909 bits per heavy atom. The van der Waals surface area contributed by atoms with E-state index in [-0.39, 0.29) is 0 Å². The fraction of sp³-hybridized carbons (Fsp3) is 1.00. The molecule has 2 fully saturated rings. The third kappa shape index (κ3) is 6.92. The molecule has 0 spiro atoms. The standard InChI is InChI=1S/C17H37N5/c1-15(20-8-5-17-3-6-18-7-4-17)16(2)21-11-14-22-12-9-19-10-13-22/h15-21H,3-14H2,1-2H3. The lowest BCUT2D eigenvalue weighted by Crippen LogP contribution is -2.49. The van der Waals surface area contributed by atoms with Gasteiger partial charge in [-0.1, -0.05) is 0 Å². The third-order valence-corrected chi connectivity index (χ3v) is 5.33. The van der Waals surface area contributed by atoms with Crippen LogP contribution in [-0.2, 0) is 0 Å². The van der Waals surface area contributed by atoms with Gasteiger partial charge in [0.15, 0.2) is 0 Å². The maximum atomic E-state index is 3.71. The van der Waals surface area contributed by atoms with Crippen molar-refractivity contribution >= 4 is 0 Å². The summed E-state index contributed by atoms with van der Waals surface area (Å²) < 4.78 is 0. The highest BCUT2D eigenvalue weighted by atomic mass is 15.2. The molecule has 2 unspecified atom stereocenters. The van der Waals surface area contributed by atoms with E-state index in [1.165, 1.54) is 52.0 Å². The minimum atomic E-state index is 0.538. The summed E-state index contributed by atoms with van der Waals surface area (Å²) >= 11 is 0. The van der Waals surface area contributed by atoms with Crippen LogP contribution in [0, 0.1) is 5.92 Å². The molecule has 2 rings (SSSR count). The summed E-state index contributed by atoms with van der Waals surface area (Å²) in [6.07, 6.45) is 4.04. The Hall–Kier alpha value is -0.200. The largest absolute Gasteiger partial charge is 0.317 e. The molecule has 0 bridgehead atoms. The molecule has 5 nitrogen and oxygen atoms in total. The van der Waals surface area contributed by atoms with Crippen LogP contribution in [0.3, 0.4) is 0 Å². The van der Waals surface area contributed by atoms with Crippen molar-refractivity contribution in [1.82, 2.24) is 26.2 Å². The van der Waals surface area contributed by atoms with E-state index in [1.54, 1.807) is 0 Å². The second-order valence-corrected chi connectivity index (χ2v) is 7.06. The van der Waals surface area contributed by atoms with Gasteiger partial charge in [0.2, 0.25) is 0 Å². The Morgan fingerprint density at radius 2 is 1.50 bits per heavy atom. The summed E-state index contributed by atoms with van der Waals surface area (Å²) in [4.78, 5) is 2.55. The van der Waals surface area contributed by atoms with E-state index in [4.69, 9.17) is 0 Å². The SMILES string of the molecule is CC(NCCC1CCNCC1)C(C)NCCN1CCNCC1. The van der Waals surface area contributed by atoms with Gasteiger partial charge in [0.25, 0.3) is 0 Å². The van der Waals surface area contributed by atoms with Crippen LogP contribution in [-0.4, -0.2) is 75.9 Å². The van der Waals surface area contributed by atoms with Crippen molar-refractivity contribution in [2.24, 2.45) is 5.92 Å². The molecular weight excluding hydrogens is 274 g/mol. The first-order valence-corrected chi connectivity index (χ1v) is 9.36. The highest BCUT2D eigenvalue weighted by molar-refractivity contribution is 4.77. The first kappa shape index (κ1) is 18.1. The Balaban J connectivity index is 1.49. The van der Waals surface area contributed by atoms with Crippen molar-refractivity contribution in [1.29, 1.82) is 0 Å². The van der Waals surface area contributed by atoms with Gasteiger partial charge in [-0.25, -0.2) is 0 Å². The van der Waals surface area contributed by atoms with Gasteiger partial charge in [-0.05, 0) is 58.7 Å². The number of nitrogens with zero attached hydrogens (tertiary/aromatic N) is 1. The van der Waals surface area contributed by atoms with Crippen LogP contribution in [0.2, 0.25) is 0 Å². The van der Waals surface area contributed by atoms with Crippen molar-refractivity contribution < 1.29 is 0 Å². The Bertz CT molecular complexity index is 246. The van der Waals surface area contributed by atoms with Crippen LogP contribution >= 0.6 is 0 Å². The zero-order chi connectivity index (χ0) is 15.6. The molecule has 5 heteroatoms. The average Bonchev–Trinajstić information content (AvgIpc) is 2.56. The zero-order valence-electron chi connectivity index (χ0n) is 14.7. The minimum absolute atomic E-state index is 0.538. The van der Waals surface area contributed by atoms with Gasteiger partial charge in [0, 0.05) is 51.4 Å². The molecule has 130 valence electrons. The van der Waals surface area contributed by atoms with Crippen LogP contribution in [0.4, 0.5) is 0 Å². The molecular formula is C17H37N5. The molecule has 4 N–H and O–H groups in total. The maximum absolute atomic E-state index is 3.71. The van der Waals surface area contributed by atoms with E-state index < -0.39 is 0 Å². The molecule has 0 aromatic carbocycles. The predicted molar refractivity (Wildman–Crippen MR) is 94.4 cm³/mol. The van der Waals surface area contributed by atoms with Crippen molar-refractivity contribution in [2.75, 3.05) is 58.9 Å². The number of piperazine rings is 1. The van der Waals surface area contributed by atoms with Gasteiger partial charge >= 0.3 is 0 Å². The Kier molecular flexibility index (Phi) is 8.70. The average molecular weight is 312 g/mol. The first-order valence-electron chi connectivity index (χ1n) is 9.36. The fourth-order valence-electron chi connectivity index (χ4n) is 3.42. The summed E-state index contributed by atoms with van der Waals surface area (Å²) in [5.74, 6) is 0.928. The molecule has 0 aromatic rings. The monoisotopic (exact) mass is 311 g/mol. The predicted octanol–water partition coefficient (Wildman–Crippen LogP) is 0.238. The second-order valence-electron chi connectivity index (χ2n) is 7.06. The number of hydrogen-bond acceptors (Lipinski definition) is 5. The highest BCUT2D eigenvalue weighted by Crippen LogP contribution is 2.14. The molecule has 0 amide bonds. The van der Waals surface area contributed by atoms with Crippen LogP contribution in [0.5, 0.6) is 0 Å². The van der Waals surface area contributed by atoms with Crippen LogP contribution in [0.15, 0.2) is 0 Å². The Labute approximate surface area is 137 Å². The number of hydrogen-bond donors (Lipinski definition) is 4. The molecule has 2 aliphatic heterocycles. The number of piperidine rings is 1. The van der Waals surface area contributed by atoms with E-state index >= 15 is 0 Å². The molecule has 2 aliphatic rings. The minimum Gasteiger partial charge on any atom is -0.317 e. The number of nitrogens with one attached hydrogen (secondary N) is 4. The topological polar surface area (TPSA) is 51.4 Å². The lowest BCUT2D eigenvalue weighted by molar-refractivity contribution is 0.235. The molecule has 0 saturated carbocycles. The second kappa shape index (κ2) is 10.6. The van der Waals surface area contributed by atoms with Crippen molar-refractivity contribution in [3.63, 3.8) is 0 Å². The summed E-state index contributed by atoms with van der Waals surface area (Å²) in [7, 11) is 0. The maximum Gasteiger partial charge on any atom is 0.0190 e. The fourth-order valence-corrected chi connectivity index (χ4v) is 3.42. The van der Waals surface area contributed by atoms with E-state index in [2.05, 4.69) is 40.0 Å². The van der Waals surface area contributed by atoms with Gasteiger partial charge in [0.1, 0.15) is 0 Å². The zero-order valence-corrected chi connectivity index (χ0v) is 14.7. The van der Waals surface area contributed by atoms with Gasteiger partial charge in [-0.15, -0.1) is 0 Å². The normalized spacial score (nSPS) is 24.3. The van der Waals surface area contributed by atoms with E-state index in [1.807, 2.05) is 0 Å². The third-order valence-electron chi connectivity index (χ3n) is 5.33.